The lowest BCUT2D eigenvalue weighted by atomic mass is 10.2. The fraction of sp³-hybridized carbons (Fsp3) is 0.417. The standard InChI is InChI=1S/C12H15BrN2O2/c13-9-12(17)15-7-5-14(6-8-15)10-1-3-11(16)4-2-10/h1-4,16H,5-9H2. The minimum Gasteiger partial charge on any atom is -0.508 e. The second kappa shape index (κ2) is 5.40. The van der Waals surface area contributed by atoms with E-state index in [-0.39, 0.29) is 11.7 Å². The van der Waals surface area contributed by atoms with Crippen molar-refractivity contribution in [2.45, 2.75) is 0 Å². The number of alkyl halides is 1. The summed E-state index contributed by atoms with van der Waals surface area (Å²) < 4.78 is 0. The van der Waals surface area contributed by atoms with Crippen LogP contribution in [-0.2, 0) is 4.79 Å². The molecule has 92 valence electrons. The number of piperazine rings is 1. The average molecular weight is 299 g/mol. The molecule has 2 rings (SSSR count). The van der Waals surface area contributed by atoms with Gasteiger partial charge in [-0.2, -0.15) is 0 Å². The lowest BCUT2D eigenvalue weighted by Gasteiger charge is -2.35. The number of phenols is 1. The van der Waals surface area contributed by atoms with Gasteiger partial charge in [-0.25, -0.2) is 0 Å². The highest BCUT2D eigenvalue weighted by atomic mass is 79.9. The summed E-state index contributed by atoms with van der Waals surface area (Å²) in [4.78, 5) is 15.6. The van der Waals surface area contributed by atoms with Gasteiger partial charge in [0.25, 0.3) is 0 Å². The van der Waals surface area contributed by atoms with Gasteiger partial charge in [0.1, 0.15) is 5.75 Å². The third-order valence-electron chi connectivity index (χ3n) is 2.96. The number of carbonyl (C=O) groups excluding carboxylic acids is 1. The Hall–Kier alpha value is -1.23. The van der Waals surface area contributed by atoms with Crippen LogP contribution in [-0.4, -0.2) is 47.4 Å². The topological polar surface area (TPSA) is 43.8 Å². The maximum absolute atomic E-state index is 11.5. The van der Waals surface area contributed by atoms with Gasteiger partial charge in [-0.1, -0.05) is 15.9 Å². The molecular weight excluding hydrogens is 284 g/mol. The molecule has 0 bridgehead atoms. The van der Waals surface area contributed by atoms with E-state index >= 15 is 0 Å². The van der Waals surface area contributed by atoms with Crippen molar-refractivity contribution in [2.24, 2.45) is 0 Å². The third kappa shape index (κ3) is 2.91. The first-order valence-electron chi connectivity index (χ1n) is 5.58. The number of halogens is 1. The Bertz CT molecular complexity index is 386. The molecule has 1 N–H and O–H groups in total. The molecular formula is C12H15BrN2O2. The van der Waals surface area contributed by atoms with E-state index < -0.39 is 0 Å². The molecule has 1 fully saturated rings. The van der Waals surface area contributed by atoms with Gasteiger partial charge >= 0.3 is 0 Å². The first kappa shape index (κ1) is 12.2. The van der Waals surface area contributed by atoms with Crippen LogP contribution >= 0.6 is 15.9 Å². The van der Waals surface area contributed by atoms with Crippen molar-refractivity contribution in [3.8, 4) is 5.75 Å². The summed E-state index contributed by atoms with van der Waals surface area (Å²) in [6.45, 7) is 3.18. The van der Waals surface area contributed by atoms with E-state index in [1.54, 1.807) is 12.1 Å². The smallest absolute Gasteiger partial charge is 0.233 e. The Morgan fingerprint density at radius 2 is 1.76 bits per heavy atom. The fourth-order valence-electron chi connectivity index (χ4n) is 1.96. The number of aromatic hydroxyl groups is 1. The zero-order valence-electron chi connectivity index (χ0n) is 9.47. The van der Waals surface area contributed by atoms with Gasteiger partial charge in [0, 0.05) is 31.9 Å². The highest BCUT2D eigenvalue weighted by molar-refractivity contribution is 9.09. The average Bonchev–Trinajstić information content (AvgIpc) is 2.39. The van der Waals surface area contributed by atoms with Gasteiger partial charge < -0.3 is 14.9 Å². The number of benzene rings is 1. The number of carbonyl (C=O) groups is 1. The van der Waals surface area contributed by atoms with Gasteiger partial charge in [0.2, 0.25) is 5.91 Å². The van der Waals surface area contributed by atoms with Crippen molar-refractivity contribution >= 4 is 27.5 Å². The molecule has 17 heavy (non-hydrogen) atoms. The monoisotopic (exact) mass is 298 g/mol. The number of nitrogens with zero attached hydrogens (tertiary/aromatic N) is 2. The van der Waals surface area contributed by atoms with E-state index in [1.165, 1.54) is 0 Å². The predicted molar refractivity (Wildman–Crippen MR) is 70.7 cm³/mol. The summed E-state index contributed by atoms with van der Waals surface area (Å²) in [6, 6.07) is 7.17. The normalized spacial score (nSPS) is 16.1. The number of hydrogen-bond donors (Lipinski definition) is 1. The van der Waals surface area contributed by atoms with Crippen LogP contribution in [0.3, 0.4) is 0 Å². The van der Waals surface area contributed by atoms with Crippen molar-refractivity contribution in [1.29, 1.82) is 0 Å². The van der Waals surface area contributed by atoms with Crippen molar-refractivity contribution in [3.05, 3.63) is 24.3 Å². The maximum Gasteiger partial charge on any atom is 0.233 e. The van der Waals surface area contributed by atoms with Crippen LogP contribution in [0.15, 0.2) is 24.3 Å². The molecule has 1 heterocycles. The first-order valence-corrected chi connectivity index (χ1v) is 6.70. The molecule has 5 heteroatoms. The minimum atomic E-state index is 0.148. The van der Waals surface area contributed by atoms with E-state index in [2.05, 4.69) is 20.8 Å². The Kier molecular flexibility index (Phi) is 3.89. The molecule has 1 aromatic rings. The van der Waals surface area contributed by atoms with Crippen molar-refractivity contribution in [2.75, 3.05) is 36.4 Å². The second-order valence-electron chi connectivity index (χ2n) is 4.02. The molecule has 0 atom stereocenters. The van der Waals surface area contributed by atoms with Gasteiger partial charge in [-0.15, -0.1) is 0 Å². The van der Waals surface area contributed by atoms with Crippen LogP contribution in [0.4, 0.5) is 5.69 Å². The molecule has 0 aromatic heterocycles. The minimum absolute atomic E-state index is 0.148. The van der Waals surface area contributed by atoms with Crippen LogP contribution in [0.1, 0.15) is 0 Å². The molecule has 1 amide bonds. The van der Waals surface area contributed by atoms with E-state index in [4.69, 9.17) is 0 Å². The summed E-state index contributed by atoms with van der Waals surface area (Å²) in [5.41, 5.74) is 1.09. The number of rotatable bonds is 2. The molecule has 0 aliphatic carbocycles. The van der Waals surface area contributed by atoms with Crippen molar-refractivity contribution in [3.63, 3.8) is 0 Å². The zero-order chi connectivity index (χ0) is 12.3. The Morgan fingerprint density at radius 3 is 2.29 bits per heavy atom. The Labute approximate surface area is 109 Å². The van der Waals surface area contributed by atoms with Crippen molar-refractivity contribution < 1.29 is 9.90 Å². The molecule has 1 saturated heterocycles. The van der Waals surface area contributed by atoms with E-state index in [0.29, 0.717) is 5.33 Å². The Morgan fingerprint density at radius 1 is 1.18 bits per heavy atom. The molecule has 0 unspecified atom stereocenters. The lowest BCUT2D eigenvalue weighted by Crippen LogP contribution is -2.49. The molecule has 1 aliphatic rings. The van der Waals surface area contributed by atoms with Crippen LogP contribution in [0.25, 0.3) is 0 Å². The third-order valence-corrected chi connectivity index (χ3v) is 3.44. The maximum atomic E-state index is 11.5. The second-order valence-corrected chi connectivity index (χ2v) is 4.58. The number of hydrogen-bond acceptors (Lipinski definition) is 3. The summed E-state index contributed by atoms with van der Waals surface area (Å²) in [5, 5.41) is 9.62. The van der Waals surface area contributed by atoms with E-state index in [9.17, 15) is 9.90 Å². The Balaban J connectivity index is 1.95. The lowest BCUT2D eigenvalue weighted by molar-refractivity contribution is -0.128. The molecule has 0 spiro atoms. The van der Waals surface area contributed by atoms with Gasteiger partial charge in [-0.3, -0.25) is 4.79 Å². The number of anilines is 1. The highest BCUT2D eigenvalue weighted by Crippen LogP contribution is 2.19. The first-order chi connectivity index (χ1) is 8.20. The van der Waals surface area contributed by atoms with Crippen LogP contribution < -0.4 is 4.90 Å². The van der Waals surface area contributed by atoms with Gasteiger partial charge in [0.05, 0.1) is 5.33 Å². The van der Waals surface area contributed by atoms with Crippen LogP contribution in [0.5, 0.6) is 5.75 Å². The van der Waals surface area contributed by atoms with Crippen LogP contribution in [0, 0.1) is 0 Å². The van der Waals surface area contributed by atoms with Crippen molar-refractivity contribution in [1.82, 2.24) is 4.90 Å². The predicted octanol–water partition coefficient (Wildman–Crippen LogP) is 1.44. The summed E-state index contributed by atoms with van der Waals surface area (Å²) >= 11 is 3.19. The summed E-state index contributed by atoms with van der Waals surface area (Å²) in [6.07, 6.45) is 0. The van der Waals surface area contributed by atoms with E-state index in [1.807, 2.05) is 17.0 Å². The number of amides is 1. The summed E-state index contributed by atoms with van der Waals surface area (Å²) in [7, 11) is 0. The molecule has 0 radical (unpaired) electrons. The van der Waals surface area contributed by atoms with Crippen LogP contribution in [0.2, 0.25) is 0 Å². The molecule has 4 nitrogen and oxygen atoms in total. The van der Waals surface area contributed by atoms with Gasteiger partial charge in [0.15, 0.2) is 0 Å². The molecule has 0 saturated carbocycles. The summed E-state index contributed by atoms with van der Waals surface area (Å²) in [5.74, 6) is 0.428. The quantitative estimate of drug-likeness (QED) is 0.840. The van der Waals surface area contributed by atoms with Gasteiger partial charge in [-0.05, 0) is 24.3 Å². The highest BCUT2D eigenvalue weighted by Gasteiger charge is 2.20. The SMILES string of the molecule is O=C(CBr)N1CCN(c2ccc(O)cc2)CC1. The zero-order valence-corrected chi connectivity index (χ0v) is 11.1. The van der Waals surface area contributed by atoms with E-state index in [0.717, 1.165) is 31.9 Å². The molecule has 1 aliphatic heterocycles. The fourth-order valence-corrected chi connectivity index (χ4v) is 2.32. The molecule has 1 aromatic carbocycles. The largest absolute Gasteiger partial charge is 0.508 e. The number of phenolic OH excluding ortho intramolecular Hbond substituents is 1.